The van der Waals surface area contributed by atoms with Gasteiger partial charge in [0.05, 0.1) is 34.5 Å². The van der Waals surface area contributed by atoms with Crippen LogP contribution in [0.4, 0.5) is 0 Å². The summed E-state index contributed by atoms with van der Waals surface area (Å²) < 4.78 is 20.9. The molecule has 1 aliphatic heterocycles. The molecule has 0 spiro atoms. The summed E-state index contributed by atoms with van der Waals surface area (Å²) in [5.41, 5.74) is 0.767. The lowest BCUT2D eigenvalue weighted by atomic mass is 10.1. The van der Waals surface area contributed by atoms with Crippen LogP contribution in [0.3, 0.4) is 0 Å². The number of methoxy groups -OCH3 is 3. The van der Waals surface area contributed by atoms with Crippen LogP contribution in [-0.2, 0) is 23.9 Å². The number of carboxylic acids is 2. The van der Waals surface area contributed by atoms with Crippen molar-refractivity contribution in [3.05, 3.63) is 35.9 Å². The largest absolute Gasteiger partial charge is 0.493 e. The van der Waals surface area contributed by atoms with Crippen LogP contribution in [-0.4, -0.2) is 104 Å². The molecule has 0 saturated carbocycles. The highest BCUT2D eigenvalue weighted by atomic mass is 16.5. The number of carbonyl (C=O) groups excluding carboxylic acids is 2. The molecule has 0 aliphatic carbocycles. The Hall–Kier alpha value is -4.06. The van der Waals surface area contributed by atoms with E-state index in [4.69, 9.17) is 29.2 Å². The fourth-order valence-electron chi connectivity index (χ4n) is 3.13. The Morgan fingerprint density at radius 1 is 0.861 bits per heavy atom. The van der Waals surface area contributed by atoms with Crippen LogP contribution in [0.1, 0.15) is 12.5 Å². The van der Waals surface area contributed by atoms with E-state index in [-0.39, 0.29) is 18.4 Å². The first kappa shape index (κ1) is 30.0. The standard InChI is InChI=1S/C20H28N2O6.C4H4O4/c1-5-28-19(24)14-21-8-10-22(11-9-21)18(23)7-6-15-12-16(25-2)20(27-4)17(13-15)26-3;5-3(6)1-2-4(7)8/h6-7,12-13H,5,8-11,14H2,1-4H3;1-2H,(H,5,6)(H,7,8)/b;2-1-. The molecule has 1 saturated heterocycles. The molecule has 198 valence electrons. The van der Waals surface area contributed by atoms with Gasteiger partial charge in [-0.3, -0.25) is 14.5 Å². The maximum Gasteiger partial charge on any atom is 0.328 e. The predicted octanol–water partition coefficient (Wildman–Crippen LogP) is 1.14. The van der Waals surface area contributed by atoms with Gasteiger partial charge in [0.25, 0.3) is 0 Å². The van der Waals surface area contributed by atoms with Crippen molar-refractivity contribution >= 4 is 29.9 Å². The van der Waals surface area contributed by atoms with Gasteiger partial charge in [0.1, 0.15) is 0 Å². The second-order valence-electron chi connectivity index (χ2n) is 7.21. The van der Waals surface area contributed by atoms with Crippen LogP contribution in [0.2, 0.25) is 0 Å². The zero-order valence-corrected chi connectivity index (χ0v) is 20.8. The third-order valence-corrected chi connectivity index (χ3v) is 4.82. The number of piperazine rings is 1. The van der Waals surface area contributed by atoms with Crippen molar-refractivity contribution in [2.24, 2.45) is 0 Å². The molecule has 1 aliphatic rings. The second kappa shape index (κ2) is 15.8. The maximum atomic E-state index is 12.5. The van der Waals surface area contributed by atoms with Crippen molar-refractivity contribution in [2.75, 3.05) is 60.7 Å². The molecule has 12 heteroatoms. The first-order chi connectivity index (χ1) is 17.1. The molecule has 36 heavy (non-hydrogen) atoms. The summed E-state index contributed by atoms with van der Waals surface area (Å²) in [6.45, 7) is 4.84. The van der Waals surface area contributed by atoms with E-state index in [1.807, 2.05) is 4.90 Å². The molecule has 1 aromatic rings. The maximum absolute atomic E-state index is 12.5. The lowest BCUT2D eigenvalue weighted by molar-refractivity contribution is -0.145. The van der Waals surface area contributed by atoms with E-state index < -0.39 is 11.9 Å². The molecule has 0 aromatic heterocycles. The lowest BCUT2D eigenvalue weighted by Gasteiger charge is -2.33. The first-order valence-electron chi connectivity index (χ1n) is 10.9. The molecule has 0 unspecified atom stereocenters. The van der Waals surface area contributed by atoms with Gasteiger partial charge in [-0.05, 0) is 30.7 Å². The Morgan fingerprint density at radius 3 is 1.81 bits per heavy atom. The highest BCUT2D eigenvalue weighted by molar-refractivity contribution is 5.92. The number of hydrogen-bond acceptors (Lipinski definition) is 9. The molecule has 2 rings (SSSR count). The Kier molecular flexibility index (Phi) is 13.1. The summed E-state index contributed by atoms with van der Waals surface area (Å²) in [4.78, 5) is 46.9. The molecule has 0 radical (unpaired) electrons. The highest BCUT2D eigenvalue weighted by Gasteiger charge is 2.21. The summed E-state index contributed by atoms with van der Waals surface area (Å²) in [6, 6.07) is 3.56. The van der Waals surface area contributed by atoms with E-state index in [1.54, 1.807) is 51.4 Å². The van der Waals surface area contributed by atoms with Gasteiger partial charge in [-0.15, -0.1) is 0 Å². The average molecular weight is 509 g/mol. The summed E-state index contributed by atoms with van der Waals surface area (Å²) in [6.07, 6.45) is 4.37. The molecule has 1 heterocycles. The minimum atomic E-state index is -1.26. The van der Waals surface area contributed by atoms with Crippen LogP contribution in [0.5, 0.6) is 17.2 Å². The van der Waals surface area contributed by atoms with Crippen LogP contribution in [0.25, 0.3) is 6.08 Å². The van der Waals surface area contributed by atoms with Crippen LogP contribution in [0, 0.1) is 0 Å². The van der Waals surface area contributed by atoms with E-state index >= 15 is 0 Å². The predicted molar refractivity (Wildman–Crippen MR) is 129 cm³/mol. The molecule has 0 bridgehead atoms. The molecule has 1 aromatic carbocycles. The molecular weight excluding hydrogens is 476 g/mol. The van der Waals surface area contributed by atoms with E-state index in [1.165, 1.54) is 6.08 Å². The summed E-state index contributed by atoms with van der Waals surface area (Å²) in [5, 5.41) is 15.6. The van der Waals surface area contributed by atoms with Gasteiger partial charge in [-0.1, -0.05) is 0 Å². The van der Waals surface area contributed by atoms with Gasteiger partial charge in [0, 0.05) is 44.4 Å². The highest BCUT2D eigenvalue weighted by Crippen LogP contribution is 2.38. The van der Waals surface area contributed by atoms with E-state index in [9.17, 15) is 19.2 Å². The van der Waals surface area contributed by atoms with Crippen LogP contribution >= 0.6 is 0 Å². The van der Waals surface area contributed by atoms with E-state index in [0.29, 0.717) is 62.2 Å². The number of ether oxygens (including phenoxy) is 4. The number of aliphatic carboxylic acids is 2. The van der Waals surface area contributed by atoms with Gasteiger partial charge in [0.2, 0.25) is 11.7 Å². The molecule has 12 nitrogen and oxygen atoms in total. The Morgan fingerprint density at radius 2 is 1.39 bits per heavy atom. The minimum absolute atomic E-state index is 0.0791. The second-order valence-corrected chi connectivity index (χ2v) is 7.21. The normalized spacial score (nSPS) is 13.6. The number of carbonyl (C=O) groups is 4. The quantitative estimate of drug-likeness (QED) is 0.346. The molecular formula is C24H32N2O10. The SMILES string of the molecule is CCOC(=O)CN1CCN(C(=O)C=Cc2cc(OC)c(OC)c(OC)c2)CC1.O=C(O)/C=C\C(=O)O. The zero-order valence-electron chi connectivity index (χ0n) is 20.8. The van der Waals surface area contributed by atoms with Crippen molar-refractivity contribution in [3.63, 3.8) is 0 Å². The van der Waals surface area contributed by atoms with Gasteiger partial charge in [-0.25, -0.2) is 9.59 Å². The average Bonchev–Trinajstić information content (AvgIpc) is 2.86. The molecule has 2 N–H and O–H groups in total. The minimum Gasteiger partial charge on any atom is -0.493 e. The topological polar surface area (TPSA) is 152 Å². The van der Waals surface area contributed by atoms with Gasteiger partial charge in [-0.2, -0.15) is 0 Å². The number of hydrogen-bond donors (Lipinski definition) is 2. The number of benzene rings is 1. The summed E-state index contributed by atoms with van der Waals surface area (Å²) >= 11 is 0. The third-order valence-electron chi connectivity index (χ3n) is 4.82. The Labute approximate surface area is 209 Å². The van der Waals surface area contributed by atoms with Gasteiger partial charge >= 0.3 is 17.9 Å². The number of amides is 1. The van der Waals surface area contributed by atoms with Crippen molar-refractivity contribution in [1.29, 1.82) is 0 Å². The zero-order chi connectivity index (χ0) is 27.1. The number of esters is 1. The van der Waals surface area contributed by atoms with Gasteiger partial charge in [0.15, 0.2) is 11.5 Å². The summed E-state index contributed by atoms with van der Waals surface area (Å²) in [7, 11) is 4.64. The fourth-order valence-corrected chi connectivity index (χ4v) is 3.13. The van der Waals surface area contributed by atoms with Crippen LogP contribution < -0.4 is 14.2 Å². The summed E-state index contributed by atoms with van der Waals surface area (Å²) in [5.74, 6) is -1.26. The number of carboxylic acid groups (broad SMARTS) is 2. The number of nitrogens with zero attached hydrogens (tertiary/aromatic N) is 2. The monoisotopic (exact) mass is 508 g/mol. The van der Waals surface area contributed by atoms with Crippen LogP contribution in [0.15, 0.2) is 30.4 Å². The Balaban J connectivity index is 0.000000697. The molecule has 0 atom stereocenters. The van der Waals surface area contributed by atoms with E-state index in [2.05, 4.69) is 0 Å². The lowest BCUT2D eigenvalue weighted by Crippen LogP contribution is -2.49. The fraction of sp³-hybridized carbons (Fsp3) is 0.417. The van der Waals surface area contributed by atoms with Crippen molar-refractivity contribution < 1.29 is 48.3 Å². The first-order valence-corrected chi connectivity index (χ1v) is 10.9. The van der Waals surface area contributed by atoms with E-state index in [0.717, 1.165) is 5.56 Å². The van der Waals surface area contributed by atoms with Crippen molar-refractivity contribution in [3.8, 4) is 17.2 Å². The van der Waals surface area contributed by atoms with Crippen molar-refractivity contribution in [1.82, 2.24) is 9.80 Å². The van der Waals surface area contributed by atoms with Gasteiger partial charge < -0.3 is 34.1 Å². The number of rotatable bonds is 10. The molecule has 1 amide bonds. The van der Waals surface area contributed by atoms with Crippen molar-refractivity contribution in [2.45, 2.75) is 6.92 Å². The smallest absolute Gasteiger partial charge is 0.328 e. The molecule has 1 fully saturated rings. The third kappa shape index (κ3) is 10.5. The Bertz CT molecular complexity index is 925.